The molecule has 2 aromatic carbocycles. The first-order chi connectivity index (χ1) is 14.2. The lowest BCUT2D eigenvalue weighted by Gasteiger charge is -2.44. The molecule has 1 saturated heterocycles. The Kier molecular flexibility index (Phi) is 5.31. The SMILES string of the molecule is Cc1cc(C)cc(OCC(=O)N2CCC3(CC2)CC(=O)c2cc(C)cc(C)c2O3)c1. The summed E-state index contributed by atoms with van der Waals surface area (Å²) < 4.78 is 12.1. The van der Waals surface area contributed by atoms with Crippen LogP contribution >= 0.6 is 0 Å². The Morgan fingerprint density at radius 1 is 1.00 bits per heavy atom. The van der Waals surface area contributed by atoms with Gasteiger partial charge in [-0.05, 0) is 68.1 Å². The van der Waals surface area contributed by atoms with E-state index < -0.39 is 5.60 Å². The summed E-state index contributed by atoms with van der Waals surface area (Å²) in [5.41, 5.74) is 4.49. The van der Waals surface area contributed by atoms with Crippen molar-refractivity contribution in [3.8, 4) is 11.5 Å². The van der Waals surface area contributed by atoms with Gasteiger partial charge in [-0.25, -0.2) is 0 Å². The van der Waals surface area contributed by atoms with Gasteiger partial charge in [0.1, 0.15) is 17.1 Å². The molecule has 1 fully saturated rings. The average molecular weight is 408 g/mol. The molecule has 5 nitrogen and oxygen atoms in total. The van der Waals surface area contributed by atoms with Crippen molar-refractivity contribution in [2.24, 2.45) is 0 Å². The number of likely N-dealkylation sites (tertiary alicyclic amines) is 1. The van der Waals surface area contributed by atoms with Gasteiger partial charge >= 0.3 is 0 Å². The minimum absolute atomic E-state index is 0.0247. The molecule has 0 aliphatic carbocycles. The molecule has 4 rings (SSSR count). The van der Waals surface area contributed by atoms with Crippen LogP contribution in [0.5, 0.6) is 11.5 Å². The Bertz CT molecular complexity index is 982. The lowest BCUT2D eigenvalue weighted by molar-refractivity contribution is -0.136. The fraction of sp³-hybridized carbons (Fsp3) is 0.440. The molecule has 30 heavy (non-hydrogen) atoms. The maximum atomic E-state index is 12.8. The van der Waals surface area contributed by atoms with Crippen LogP contribution in [0.1, 0.15) is 51.9 Å². The highest BCUT2D eigenvalue weighted by Crippen LogP contribution is 2.41. The van der Waals surface area contributed by atoms with E-state index in [1.54, 1.807) is 0 Å². The average Bonchev–Trinajstić information content (AvgIpc) is 2.67. The number of piperidine rings is 1. The summed E-state index contributed by atoms with van der Waals surface area (Å²) in [4.78, 5) is 27.3. The number of carbonyl (C=O) groups excluding carboxylic acids is 2. The van der Waals surface area contributed by atoms with Gasteiger partial charge in [0.25, 0.3) is 5.91 Å². The largest absolute Gasteiger partial charge is 0.486 e. The summed E-state index contributed by atoms with van der Waals surface area (Å²) in [5, 5.41) is 0. The van der Waals surface area contributed by atoms with Gasteiger partial charge in [0.2, 0.25) is 0 Å². The molecule has 0 N–H and O–H groups in total. The van der Waals surface area contributed by atoms with Gasteiger partial charge in [0, 0.05) is 25.9 Å². The van der Waals surface area contributed by atoms with Crippen LogP contribution in [0.3, 0.4) is 0 Å². The standard InChI is InChI=1S/C25H29NO4/c1-16-9-17(2)12-20(11-16)29-15-23(28)26-7-5-25(6-8-26)14-22(27)21-13-18(3)10-19(4)24(21)30-25/h9-13H,5-8,14-15H2,1-4H3. The molecule has 2 heterocycles. The van der Waals surface area contributed by atoms with Gasteiger partial charge in [-0.1, -0.05) is 12.1 Å². The van der Waals surface area contributed by atoms with E-state index in [1.165, 1.54) is 0 Å². The van der Waals surface area contributed by atoms with E-state index in [2.05, 4.69) is 6.07 Å². The molecule has 2 aromatic rings. The molecule has 2 aliphatic rings. The zero-order valence-corrected chi connectivity index (χ0v) is 18.2. The number of nitrogens with zero attached hydrogens (tertiary/aromatic N) is 1. The van der Waals surface area contributed by atoms with Crippen LogP contribution in [0.25, 0.3) is 0 Å². The van der Waals surface area contributed by atoms with Gasteiger partial charge < -0.3 is 14.4 Å². The van der Waals surface area contributed by atoms with E-state index >= 15 is 0 Å². The number of Topliss-reactive ketones (excluding diaryl/α,β-unsaturated/α-hetero) is 1. The topological polar surface area (TPSA) is 55.8 Å². The molecule has 0 radical (unpaired) electrons. The minimum atomic E-state index is -0.505. The monoisotopic (exact) mass is 407 g/mol. The van der Waals surface area contributed by atoms with Crippen LogP contribution < -0.4 is 9.47 Å². The van der Waals surface area contributed by atoms with Gasteiger partial charge in [-0.15, -0.1) is 0 Å². The number of hydrogen-bond donors (Lipinski definition) is 0. The van der Waals surface area contributed by atoms with Crippen molar-refractivity contribution in [3.05, 3.63) is 58.1 Å². The summed E-state index contributed by atoms with van der Waals surface area (Å²) in [5.74, 6) is 1.55. The normalized spacial score (nSPS) is 17.5. The Labute approximate surface area is 178 Å². The molecule has 0 bridgehead atoms. The van der Waals surface area contributed by atoms with Crippen molar-refractivity contribution in [2.75, 3.05) is 19.7 Å². The lowest BCUT2D eigenvalue weighted by atomic mass is 9.81. The molecular weight excluding hydrogens is 378 g/mol. The molecule has 0 saturated carbocycles. The zero-order valence-electron chi connectivity index (χ0n) is 18.2. The predicted octanol–water partition coefficient (Wildman–Crippen LogP) is 4.33. The molecular formula is C25H29NO4. The van der Waals surface area contributed by atoms with Crippen LogP contribution in [0.2, 0.25) is 0 Å². The molecule has 0 aromatic heterocycles. The highest BCUT2D eigenvalue weighted by atomic mass is 16.5. The van der Waals surface area contributed by atoms with E-state index in [1.807, 2.05) is 56.9 Å². The van der Waals surface area contributed by atoms with Crippen molar-refractivity contribution in [2.45, 2.75) is 52.6 Å². The van der Waals surface area contributed by atoms with Gasteiger partial charge in [0.05, 0.1) is 12.0 Å². The van der Waals surface area contributed by atoms with Gasteiger partial charge in [-0.3, -0.25) is 9.59 Å². The predicted molar refractivity (Wildman–Crippen MR) is 115 cm³/mol. The van der Waals surface area contributed by atoms with E-state index in [0.29, 0.717) is 37.9 Å². The van der Waals surface area contributed by atoms with Crippen LogP contribution in [0.15, 0.2) is 30.3 Å². The van der Waals surface area contributed by atoms with E-state index in [-0.39, 0.29) is 18.3 Å². The van der Waals surface area contributed by atoms with Gasteiger partial charge in [-0.2, -0.15) is 0 Å². The van der Waals surface area contributed by atoms with Crippen LogP contribution in [0, 0.1) is 27.7 Å². The maximum absolute atomic E-state index is 12.8. The number of hydrogen-bond acceptors (Lipinski definition) is 4. The van der Waals surface area contributed by atoms with Crippen molar-refractivity contribution in [3.63, 3.8) is 0 Å². The summed E-state index contributed by atoms with van der Waals surface area (Å²) >= 11 is 0. The molecule has 1 amide bonds. The number of amides is 1. The number of ketones is 1. The van der Waals surface area contributed by atoms with Crippen LogP contribution in [0.4, 0.5) is 0 Å². The van der Waals surface area contributed by atoms with Crippen molar-refractivity contribution < 1.29 is 19.1 Å². The maximum Gasteiger partial charge on any atom is 0.260 e. The molecule has 1 spiro atoms. The molecule has 5 heteroatoms. The molecule has 0 unspecified atom stereocenters. The number of aryl methyl sites for hydroxylation is 4. The number of carbonyl (C=O) groups is 2. The summed E-state index contributed by atoms with van der Waals surface area (Å²) in [7, 11) is 0. The summed E-state index contributed by atoms with van der Waals surface area (Å²) in [6.07, 6.45) is 1.69. The van der Waals surface area contributed by atoms with E-state index in [4.69, 9.17) is 9.47 Å². The fourth-order valence-electron chi connectivity index (χ4n) is 4.63. The van der Waals surface area contributed by atoms with Gasteiger partial charge in [0.15, 0.2) is 12.4 Å². The quantitative estimate of drug-likeness (QED) is 0.760. The smallest absolute Gasteiger partial charge is 0.260 e. The first-order valence-corrected chi connectivity index (χ1v) is 10.6. The van der Waals surface area contributed by atoms with Crippen LogP contribution in [-0.4, -0.2) is 41.9 Å². The van der Waals surface area contributed by atoms with E-state index in [9.17, 15) is 9.59 Å². The molecule has 2 aliphatic heterocycles. The number of fused-ring (bicyclic) bond motifs is 1. The second kappa shape index (κ2) is 7.78. The third-order valence-electron chi connectivity index (χ3n) is 6.11. The zero-order chi connectivity index (χ0) is 21.5. The Morgan fingerprint density at radius 2 is 1.63 bits per heavy atom. The first kappa shape index (κ1) is 20.5. The van der Waals surface area contributed by atoms with E-state index in [0.717, 1.165) is 33.8 Å². The highest BCUT2D eigenvalue weighted by Gasteiger charge is 2.44. The Morgan fingerprint density at radius 3 is 2.30 bits per heavy atom. The fourth-order valence-corrected chi connectivity index (χ4v) is 4.63. The second-order valence-corrected chi connectivity index (χ2v) is 8.84. The lowest BCUT2D eigenvalue weighted by Crippen LogP contribution is -2.53. The Balaban J connectivity index is 1.38. The highest BCUT2D eigenvalue weighted by molar-refractivity contribution is 6.01. The van der Waals surface area contributed by atoms with Crippen molar-refractivity contribution >= 4 is 11.7 Å². The third kappa shape index (κ3) is 4.07. The number of ether oxygens (including phenoxy) is 2. The molecule has 158 valence electrons. The molecule has 0 atom stereocenters. The number of rotatable bonds is 3. The second-order valence-electron chi connectivity index (χ2n) is 8.84. The summed E-state index contributed by atoms with van der Waals surface area (Å²) in [6.45, 7) is 9.18. The summed E-state index contributed by atoms with van der Waals surface area (Å²) in [6, 6.07) is 9.92. The first-order valence-electron chi connectivity index (χ1n) is 10.6. The van der Waals surface area contributed by atoms with Crippen LogP contribution in [-0.2, 0) is 4.79 Å². The van der Waals surface area contributed by atoms with Crippen molar-refractivity contribution in [1.29, 1.82) is 0 Å². The minimum Gasteiger partial charge on any atom is -0.486 e. The number of benzene rings is 2. The Hall–Kier alpha value is -2.82. The third-order valence-corrected chi connectivity index (χ3v) is 6.11. The van der Waals surface area contributed by atoms with Crippen molar-refractivity contribution in [1.82, 2.24) is 4.90 Å².